The number of nitrogens with zero attached hydrogens (tertiary/aromatic N) is 1. The molecule has 26 heavy (non-hydrogen) atoms. The Kier molecular flexibility index (Phi) is 7.72. The first kappa shape index (κ1) is 20.0. The van der Waals surface area contributed by atoms with E-state index >= 15 is 0 Å². The van der Waals surface area contributed by atoms with E-state index in [1.165, 1.54) is 0 Å². The molecule has 0 bridgehead atoms. The number of benzene rings is 1. The average molecular weight is 364 g/mol. The minimum absolute atomic E-state index is 0.0194. The molecular weight excluding hydrogens is 336 g/mol. The highest BCUT2D eigenvalue weighted by molar-refractivity contribution is 5.74. The highest BCUT2D eigenvalue weighted by Crippen LogP contribution is 2.24. The van der Waals surface area contributed by atoms with Crippen LogP contribution in [0.4, 0.5) is 4.79 Å². The zero-order valence-electron chi connectivity index (χ0n) is 15.2. The Morgan fingerprint density at radius 1 is 1.27 bits per heavy atom. The minimum atomic E-state index is -0.758. The monoisotopic (exact) mass is 364 g/mol. The molecule has 1 saturated carbocycles. The van der Waals surface area contributed by atoms with Gasteiger partial charge in [-0.2, -0.15) is 0 Å². The van der Waals surface area contributed by atoms with Gasteiger partial charge in [0.05, 0.1) is 19.1 Å². The van der Waals surface area contributed by atoms with Gasteiger partial charge in [-0.05, 0) is 50.3 Å². The first-order valence-corrected chi connectivity index (χ1v) is 9.14. The Labute approximate surface area is 154 Å². The number of carbonyl (C=O) groups is 2. The number of carbonyl (C=O) groups excluding carboxylic acids is 1. The molecule has 1 aromatic carbocycles. The number of nitrogens with one attached hydrogen (secondary N) is 1. The van der Waals surface area contributed by atoms with Crippen LogP contribution in [0.5, 0.6) is 5.75 Å². The lowest BCUT2D eigenvalue weighted by molar-refractivity contribution is -0.142. The van der Waals surface area contributed by atoms with Crippen LogP contribution in [0.2, 0.25) is 0 Å². The fourth-order valence-corrected chi connectivity index (χ4v) is 3.24. The maximum Gasteiger partial charge on any atom is 0.317 e. The van der Waals surface area contributed by atoms with E-state index in [-0.39, 0.29) is 31.1 Å². The normalized spacial score (nSPS) is 19.6. The van der Waals surface area contributed by atoms with Crippen molar-refractivity contribution in [1.82, 2.24) is 10.2 Å². The molecule has 7 nitrogen and oxygen atoms in total. The number of aliphatic hydroxyl groups is 1. The van der Waals surface area contributed by atoms with Crippen molar-refractivity contribution in [3.8, 4) is 5.75 Å². The first-order valence-electron chi connectivity index (χ1n) is 9.14. The fourth-order valence-electron chi connectivity index (χ4n) is 3.24. The molecule has 0 unspecified atom stereocenters. The van der Waals surface area contributed by atoms with E-state index in [2.05, 4.69) is 5.32 Å². The lowest BCUT2D eigenvalue weighted by atomic mass is 9.86. The van der Waals surface area contributed by atoms with Crippen molar-refractivity contribution in [2.75, 3.05) is 19.8 Å². The summed E-state index contributed by atoms with van der Waals surface area (Å²) in [5, 5.41) is 21.3. The van der Waals surface area contributed by atoms with E-state index in [0.29, 0.717) is 38.8 Å². The molecule has 2 rings (SSSR count). The number of rotatable bonds is 8. The van der Waals surface area contributed by atoms with Gasteiger partial charge in [-0.1, -0.05) is 12.1 Å². The van der Waals surface area contributed by atoms with Crippen LogP contribution in [0, 0.1) is 5.92 Å². The van der Waals surface area contributed by atoms with Crippen LogP contribution in [0.25, 0.3) is 0 Å². The van der Waals surface area contributed by atoms with E-state index in [4.69, 9.17) is 9.84 Å². The minimum Gasteiger partial charge on any atom is -0.494 e. The van der Waals surface area contributed by atoms with E-state index in [1.54, 1.807) is 4.90 Å². The Morgan fingerprint density at radius 3 is 2.62 bits per heavy atom. The number of carboxylic acid groups (broad SMARTS) is 1. The predicted octanol–water partition coefficient (Wildman–Crippen LogP) is 2.23. The van der Waals surface area contributed by atoms with Gasteiger partial charge in [0.2, 0.25) is 0 Å². The van der Waals surface area contributed by atoms with Gasteiger partial charge in [0.25, 0.3) is 0 Å². The number of hydrogen-bond donors (Lipinski definition) is 3. The van der Waals surface area contributed by atoms with Crippen LogP contribution in [-0.4, -0.2) is 52.9 Å². The third-order valence-corrected chi connectivity index (χ3v) is 4.64. The van der Waals surface area contributed by atoms with Crippen LogP contribution in [-0.2, 0) is 11.3 Å². The third-order valence-electron chi connectivity index (χ3n) is 4.64. The van der Waals surface area contributed by atoms with Gasteiger partial charge >= 0.3 is 12.0 Å². The summed E-state index contributed by atoms with van der Waals surface area (Å²) in [5.74, 6) is -0.315. The molecule has 144 valence electrons. The second kappa shape index (κ2) is 10.0. The molecule has 1 aliphatic carbocycles. The van der Waals surface area contributed by atoms with Crippen molar-refractivity contribution in [2.45, 2.75) is 45.2 Å². The van der Waals surface area contributed by atoms with Gasteiger partial charge in [0.1, 0.15) is 5.75 Å². The predicted molar refractivity (Wildman–Crippen MR) is 97.0 cm³/mol. The Hall–Kier alpha value is -2.28. The SMILES string of the molecule is CCOc1cccc(CN(CCO)C(=O)NC2CCC(C(=O)O)CC2)c1. The number of aliphatic carboxylic acids is 1. The Balaban J connectivity index is 1.93. The van der Waals surface area contributed by atoms with Crippen molar-refractivity contribution < 1.29 is 24.5 Å². The lowest BCUT2D eigenvalue weighted by Gasteiger charge is -2.30. The van der Waals surface area contributed by atoms with Crippen LogP contribution < -0.4 is 10.1 Å². The number of carboxylic acids is 1. The highest BCUT2D eigenvalue weighted by atomic mass is 16.5. The number of hydrogen-bond acceptors (Lipinski definition) is 4. The van der Waals surface area contributed by atoms with E-state index in [9.17, 15) is 14.7 Å². The summed E-state index contributed by atoms with van der Waals surface area (Å²) in [6.07, 6.45) is 2.48. The summed E-state index contributed by atoms with van der Waals surface area (Å²) < 4.78 is 5.48. The van der Waals surface area contributed by atoms with Gasteiger partial charge in [-0.25, -0.2) is 4.79 Å². The molecule has 0 aromatic heterocycles. The second-order valence-electron chi connectivity index (χ2n) is 6.56. The number of urea groups is 1. The van der Waals surface area contributed by atoms with Crippen molar-refractivity contribution in [3.63, 3.8) is 0 Å². The van der Waals surface area contributed by atoms with Crippen LogP contribution in [0.15, 0.2) is 24.3 Å². The highest BCUT2D eigenvalue weighted by Gasteiger charge is 2.27. The summed E-state index contributed by atoms with van der Waals surface area (Å²) in [4.78, 5) is 25.2. The summed E-state index contributed by atoms with van der Waals surface area (Å²) in [7, 11) is 0. The zero-order valence-corrected chi connectivity index (χ0v) is 15.2. The molecule has 0 saturated heterocycles. The molecule has 7 heteroatoms. The van der Waals surface area contributed by atoms with Gasteiger partial charge in [-0.15, -0.1) is 0 Å². The molecule has 0 spiro atoms. The topological polar surface area (TPSA) is 99.1 Å². The van der Waals surface area contributed by atoms with Crippen molar-refractivity contribution in [2.24, 2.45) is 5.92 Å². The standard InChI is InChI=1S/C19H28N2O5/c1-2-26-17-5-3-4-14(12-17)13-21(10-11-22)19(25)20-16-8-6-15(7-9-16)18(23)24/h3-5,12,15-16,22H,2,6-11,13H2,1H3,(H,20,25)(H,23,24). The van der Waals surface area contributed by atoms with Gasteiger partial charge < -0.3 is 25.2 Å². The van der Waals surface area contributed by atoms with Crippen molar-refractivity contribution >= 4 is 12.0 Å². The summed E-state index contributed by atoms with van der Waals surface area (Å²) in [6.45, 7) is 2.97. The van der Waals surface area contributed by atoms with Crippen molar-refractivity contribution in [1.29, 1.82) is 0 Å². The lowest BCUT2D eigenvalue weighted by Crippen LogP contribution is -2.46. The number of amides is 2. The van der Waals surface area contributed by atoms with Crippen LogP contribution in [0.1, 0.15) is 38.2 Å². The molecule has 1 aliphatic rings. The van der Waals surface area contributed by atoms with E-state index < -0.39 is 5.97 Å². The molecule has 0 aliphatic heterocycles. The van der Waals surface area contributed by atoms with Crippen molar-refractivity contribution in [3.05, 3.63) is 29.8 Å². The van der Waals surface area contributed by atoms with E-state index in [0.717, 1.165) is 11.3 Å². The summed E-state index contributed by atoms with van der Waals surface area (Å²) >= 11 is 0. The average Bonchev–Trinajstić information content (AvgIpc) is 2.62. The fraction of sp³-hybridized carbons (Fsp3) is 0.579. The molecule has 3 N–H and O–H groups in total. The second-order valence-corrected chi connectivity index (χ2v) is 6.56. The maximum atomic E-state index is 12.6. The molecular formula is C19H28N2O5. The van der Waals surface area contributed by atoms with Gasteiger partial charge in [-0.3, -0.25) is 4.79 Å². The molecule has 2 amide bonds. The van der Waals surface area contributed by atoms with Gasteiger partial charge in [0, 0.05) is 19.1 Å². The molecule has 1 fully saturated rings. The molecule has 0 radical (unpaired) electrons. The van der Waals surface area contributed by atoms with Crippen LogP contribution in [0.3, 0.4) is 0 Å². The largest absolute Gasteiger partial charge is 0.494 e. The maximum absolute atomic E-state index is 12.6. The Bertz CT molecular complexity index is 599. The number of aliphatic hydroxyl groups excluding tert-OH is 1. The first-order chi connectivity index (χ1) is 12.5. The zero-order chi connectivity index (χ0) is 18.9. The molecule has 0 atom stereocenters. The molecule has 0 heterocycles. The van der Waals surface area contributed by atoms with Crippen LogP contribution >= 0.6 is 0 Å². The molecule has 1 aromatic rings. The van der Waals surface area contributed by atoms with Gasteiger partial charge in [0.15, 0.2) is 0 Å². The summed E-state index contributed by atoms with van der Waals surface area (Å²) in [5.41, 5.74) is 0.925. The third kappa shape index (κ3) is 5.91. The number of ether oxygens (including phenoxy) is 1. The van der Waals surface area contributed by atoms with E-state index in [1.807, 2.05) is 31.2 Å². The smallest absolute Gasteiger partial charge is 0.317 e. The summed E-state index contributed by atoms with van der Waals surface area (Å²) in [6, 6.07) is 7.29. The quantitative estimate of drug-likeness (QED) is 0.657. The Morgan fingerprint density at radius 2 is 2.00 bits per heavy atom.